The summed E-state index contributed by atoms with van der Waals surface area (Å²) >= 11 is 0. The van der Waals surface area contributed by atoms with Crippen molar-refractivity contribution in [2.75, 3.05) is 14.1 Å². The van der Waals surface area contributed by atoms with Crippen LogP contribution in [0.2, 0.25) is 0 Å². The molecule has 0 unspecified atom stereocenters. The summed E-state index contributed by atoms with van der Waals surface area (Å²) in [7, 11) is 1.41. The van der Waals surface area contributed by atoms with Gasteiger partial charge in [-0.1, -0.05) is 19.8 Å². The second-order valence-corrected chi connectivity index (χ2v) is 10.1. The number of hydrogen-bond acceptors (Lipinski definition) is 4. The minimum Gasteiger partial charge on any atom is -0.353 e. The molecule has 0 bridgehead atoms. The maximum atomic E-state index is 12.4. The molecule has 1 aliphatic rings. The van der Waals surface area contributed by atoms with Crippen molar-refractivity contribution in [3.8, 4) is 0 Å². The molecule has 2 aromatic rings. The molecule has 3 rings (SSSR count). The van der Waals surface area contributed by atoms with Crippen LogP contribution in [0.5, 0.6) is 0 Å². The van der Waals surface area contributed by atoms with Crippen LogP contribution in [0.3, 0.4) is 0 Å². The highest BCUT2D eigenvalue weighted by atomic mass is 32.2. The van der Waals surface area contributed by atoms with Crippen LogP contribution in [0, 0.1) is 5.92 Å². The Morgan fingerprint density at radius 3 is 2.68 bits per heavy atom. The molecular weight excluding hydrogens is 376 g/mol. The SMILES string of the molecule is C[C@H]1CCCC[C@@H]1NC(=O)CCc1nc2cc(S(=O)(=O)N(C)C)ccc2n1C. The Hall–Kier alpha value is -1.93. The van der Waals surface area contributed by atoms with Crippen LogP contribution in [-0.2, 0) is 28.3 Å². The van der Waals surface area contributed by atoms with Crippen molar-refractivity contribution in [2.45, 2.75) is 56.4 Å². The first-order chi connectivity index (χ1) is 13.2. The van der Waals surface area contributed by atoms with Gasteiger partial charge < -0.3 is 9.88 Å². The standard InChI is InChI=1S/C20H30N4O3S/c1-14-7-5-6-8-16(14)22-20(25)12-11-19-21-17-13-15(28(26,27)23(2)3)9-10-18(17)24(19)4/h9-10,13-14,16H,5-8,11-12H2,1-4H3,(H,22,25)/t14-,16-/m0/s1. The van der Waals surface area contributed by atoms with Gasteiger partial charge in [-0.25, -0.2) is 17.7 Å². The van der Waals surface area contributed by atoms with Gasteiger partial charge in [0.05, 0.1) is 15.9 Å². The molecule has 1 fully saturated rings. The summed E-state index contributed by atoms with van der Waals surface area (Å²) in [6.45, 7) is 2.20. The van der Waals surface area contributed by atoms with E-state index in [4.69, 9.17) is 0 Å². The summed E-state index contributed by atoms with van der Waals surface area (Å²) in [6.07, 6.45) is 5.56. The van der Waals surface area contributed by atoms with E-state index in [1.165, 1.54) is 37.7 Å². The molecule has 0 spiro atoms. The van der Waals surface area contributed by atoms with Crippen LogP contribution < -0.4 is 5.32 Å². The Morgan fingerprint density at radius 1 is 1.29 bits per heavy atom. The molecule has 1 amide bonds. The van der Waals surface area contributed by atoms with Crippen LogP contribution >= 0.6 is 0 Å². The first-order valence-corrected chi connectivity index (χ1v) is 11.3. The van der Waals surface area contributed by atoms with E-state index < -0.39 is 10.0 Å². The predicted octanol–water partition coefficient (Wildman–Crippen LogP) is 2.45. The third-order valence-corrected chi connectivity index (χ3v) is 7.57. The second-order valence-electron chi connectivity index (χ2n) is 7.96. The molecule has 2 atom stereocenters. The topological polar surface area (TPSA) is 84.3 Å². The molecule has 7 nitrogen and oxygen atoms in total. The molecule has 0 radical (unpaired) electrons. The van der Waals surface area contributed by atoms with Crippen LogP contribution in [0.15, 0.2) is 23.1 Å². The molecule has 8 heteroatoms. The zero-order chi connectivity index (χ0) is 20.5. The number of rotatable bonds is 6. The van der Waals surface area contributed by atoms with Crippen molar-refractivity contribution in [3.63, 3.8) is 0 Å². The zero-order valence-electron chi connectivity index (χ0n) is 17.1. The second kappa shape index (κ2) is 8.21. The van der Waals surface area contributed by atoms with Crippen LogP contribution in [0.1, 0.15) is 44.9 Å². The summed E-state index contributed by atoms with van der Waals surface area (Å²) in [5, 5.41) is 3.17. The minimum absolute atomic E-state index is 0.0571. The van der Waals surface area contributed by atoms with E-state index in [0.29, 0.717) is 24.3 Å². The summed E-state index contributed by atoms with van der Waals surface area (Å²) < 4.78 is 27.8. The molecule has 1 N–H and O–H groups in total. The van der Waals surface area contributed by atoms with Crippen molar-refractivity contribution >= 4 is 27.0 Å². The number of sulfonamides is 1. The number of aryl methyl sites for hydroxylation is 2. The Bertz CT molecular complexity index is 965. The number of hydrogen-bond donors (Lipinski definition) is 1. The molecule has 1 saturated carbocycles. The van der Waals surface area contributed by atoms with Crippen LogP contribution in [0.4, 0.5) is 0 Å². The van der Waals surface area contributed by atoms with E-state index in [0.717, 1.165) is 17.8 Å². The molecule has 1 aromatic carbocycles. The highest BCUT2D eigenvalue weighted by Gasteiger charge is 2.23. The maximum Gasteiger partial charge on any atom is 0.242 e. The van der Waals surface area contributed by atoms with E-state index in [1.807, 2.05) is 11.6 Å². The number of fused-ring (bicyclic) bond motifs is 1. The van der Waals surface area contributed by atoms with Gasteiger partial charge in [0.15, 0.2) is 0 Å². The Morgan fingerprint density at radius 2 is 2.00 bits per heavy atom. The van der Waals surface area contributed by atoms with E-state index in [2.05, 4.69) is 17.2 Å². The number of aromatic nitrogens is 2. The van der Waals surface area contributed by atoms with Gasteiger partial charge in [0.2, 0.25) is 15.9 Å². The normalized spacial score (nSPS) is 20.6. The fourth-order valence-electron chi connectivity index (χ4n) is 3.86. The van der Waals surface area contributed by atoms with Crippen molar-refractivity contribution in [1.29, 1.82) is 0 Å². The molecule has 1 aliphatic carbocycles. The lowest BCUT2D eigenvalue weighted by Crippen LogP contribution is -2.41. The van der Waals surface area contributed by atoms with Gasteiger partial charge >= 0.3 is 0 Å². The van der Waals surface area contributed by atoms with Gasteiger partial charge in [-0.15, -0.1) is 0 Å². The average Bonchev–Trinajstić information content (AvgIpc) is 2.97. The van der Waals surface area contributed by atoms with Crippen LogP contribution in [-0.4, -0.2) is 48.3 Å². The number of nitrogens with zero attached hydrogens (tertiary/aromatic N) is 3. The number of carbonyl (C=O) groups excluding carboxylic acids is 1. The van der Waals surface area contributed by atoms with Gasteiger partial charge in [0, 0.05) is 40.0 Å². The Labute approximate surface area is 167 Å². The molecular formula is C20H30N4O3S. The lowest BCUT2D eigenvalue weighted by molar-refractivity contribution is -0.122. The molecule has 1 heterocycles. The lowest BCUT2D eigenvalue weighted by atomic mass is 9.86. The molecule has 28 heavy (non-hydrogen) atoms. The summed E-state index contributed by atoms with van der Waals surface area (Å²) in [5.74, 6) is 1.37. The first kappa shape index (κ1) is 20.8. The highest BCUT2D eigenvalue weighted by Crippen LogP contribution is 2.24. The summed E-state index contributed by atoms with van der Waals surface area (Å²) in [4.78, 5) is 17.2. The molecule has 1 aromatic heterocycles. The third kappa shape index (κ3) is 4.22. The number of benzene rings is 1. The van der Waals surface area contributed by atoms with Crippen LogP contribution in [0.25, 0.3) is 11.0 Å². The Kier molecular flexibility index (Phi) is 6.09. The number of carbonyl (C=O) groups is 1. The van der Waals surface area contributed by atoms with Gasteiger partial charge in [0.1, 0.15) is 5.82 Å². The smallest absolute Gasteiger partial charge is 0.242 e. The fraction of sp³-hybridized carbons (Fsp3) is 0.600. The molecule has 0 aliphatic heterocycles. The van der Waals surface area contributed by atoms with Gasteiger partial charge in [-0.2, -0.15) is 0 Å². The van der Waals surface area contributed by atoms with E-state index in [-0.39, 0.29) is 16.8 Å². The fourth-order valence-corrected chi connectivity index (χ4v) is 4.78. The number of nitrogens with one attached hydrogen (secondary N) is 1. The maximum absolute atomic E-state index is 12.4. The van der Waals surface area contributed by atoms with E-state index in [9.17, 15) is 13.2 Å². The lowest BCUT2D eigenvalue weighted by Gasteiger charge is -2.29. The first-order valence-electron chi connectivity index (χ1n) is 9.87. The minimum atomic E-state index is -3.50. The highest BCUT2D eigenvalue weighted by molar-refractivity contribution is 7.89. The quantitative estimate of drug-likeness (QED) is 0.799. The van der Waals surface area contributed by atoms with Crippen molar-refractivity contribution in [2.24, 2.45) is 13.0 Å². The van der Waals surface area contributed by atoms with Gasteiger partial charge in [-0.3, -0.25) is 4.79 Å². The number of imidazole rings is 1. The van der Waals surface area contributed by atoms with E-state index >= 15 is 0 Å². The average molecular weight is 407 g/mol. The Balaban J connectivity index is 1.71. The predicted molar refractivity (Wildman–Crippen MR) is 109 cm³/mol. The monoisotopic (exact) mass is 406 g/mol. The summed E-state index contributed by atoms with van der Waals surface area (Å²) in [6, 6.07) is 5.24. The largest absolute Gasteiger partial charge is 0.353 e. The summed E-state index contributed by atoms with van der Waals surface area (Å²) in [5.41, 5.74) is 1.48. The van der Waals surface area contributed by atoms with Crippen molar-refractivity contribution < 1.29 is 13.2 Å². The molecule has 154 valence electrons. The number of amides is 1. The third-order valence-electron chi connectivity index (χ3n) is 5.76. The van der Waals surface area contributed by atoms with Gasteiger partial charge in [-0.05, 0) is 37.0 Å². The molecule has 0 saturated heterocycles. The van der Waals surface area contributed by atoms with Gasteiger partial charge in [0.25, 0.3) is 0 Å². The van der Waals surface area contributed by atoms with Crippen molar-refractivity contribution in [3.05, 3.63) is 24.0 Å². The van der Waals surface area contributed by atoms with E-state index in [1.54, 1.807) is 18.2 Å². The van der Waals surface area contributed by atoms with Crippen molar-refractivity contribution in [1.82, 2.24) is 19.2 Å². The zero-order valence-corrected chi connectivity index (χ0v) is 17.9.